The number of ether oxygens (including phenoxy) is 1. The molecule has 134 valence electrons. The van der Waals surface area contributed by atoms with Gasteiger partial charge < -0.3 is 15.0 Å². The Balaban J connectivity index is 1.79. The van der Waals surface area contributed by atoms with E-state index >= 15 is 0 Å². The van der Waals surface area contributed by atoms with Crippen molar-refractivity contribution in [1.82, 2.24) is 10.3 Å². The van der Waals surface area contributed by atoms with Gasteiger partial charge in [-0.2, -0.15) is 0 Å². The summed E-state index contributed by atoms with van der Waals surface area (Å²) >= 11 is 0. The summed E-state index contributed by atoms with van der Waals surface area (Å²) in [5, 5.41) is 5.72. The summed E-state index contributed by atoms with van der Waals surface area (Å²) in [6, 6.07) is 15.0. The van der Waals surface area contributed by atoms with E-state index in [2.05, 4.69) is 71.8 Å². The van der Waals surface area contributed by atoms with Gasteiger partial charge in [-0.25, -0.2) is 0 Å². The van der Waals surface area contributed by atoms with Gasteiger partial charge in [0.2, 0.25) is 0 Å². The molecule has 0 radical (unpaired) electrons. The molecule has 2 aromatic carbocycles. The lowest BCUT2D eigenvalue weighted by Crippen LogP contribution is -2.34. The normalized spacial score (nSPS) is 15.2. The molecule has 2 heterocycles. The molecule has 0 aliphatic carbocycles. The van der Waals surface area contributed by atoms with Gasteiger partial charge in [0.1, 0.15) is 11.9 Å². The summed E-state index contributed by atoms with van der Waals surface area (Å²) in [5.41, 5.74) is 3.53. The maximum Gasteiger partial charge on any atom is 0.128 e. The number of pyridine rings is 1. The molecule has 0 atom stereocenters. The van der Waals surface area contributed by atoms with Crippen LogP contribution in [0.5, 0.6) is 5.75 Å². The van der Waals surface area contributed by atoms with E-state index in [4.69, 9.17) is 4.74 Å². The zero-order valence-corrected chi connectivity index (χ0v) is 15.4. The van der Waals surface area contributed by atoms with Gasteiger partial charge in [0.15, 0.2) is 0 Å². The van der Waals surface area contributed by atoms with Crippen molar-refractivity contribution in [3.05, 3.63) is 54.9 Å². The molecule has 1 saturated heterocycles. The number of rotatable bonds is 4. The average Bonchev–Trinajstić information content (AvgIpc) is 2.69. The first kappa shape index (κ1) is 16.9. The van der Waals surface area contributed by atoms with E-state index in [1.54, 1.807) is 0 Å². The Morgan fingerprint density at radius 2 is 1.77 bits per heavy atom. The molecule has 4 heteroatoms. The number of piperidine rings is 1. The van der Waals surface area contributed by atoms with E-state index in [1.807, 2.05) is 12.4 Å². The van der Waals surface area contributed by atoms with Gasteiger partial charge in [-0.15, -0.1) is 0 Å². The smallest absolute Gasteiger partial charge is 0.128 e. The Morgan fingerprint density at radius 1 is 1.00 bits per heavy atom. The van der Waals surface area contributed by atoms with Gasteiger partial charge in [-0.3, -0.25) is 4.98 Å². The standard InChI is InChI=1S/C22H25N3O/c1-25(2)18-6-3-16(4-7-18)22-20-11-14-24-15-17(20)5-8-21(22)26-19-9-12-23-13-10-19/h3-8,11,14-15,19,23H,9-10,12-13H2,1-2H3. The van der Waals surface area contributed by atoms with Gasteiger partial charge in [0.05, 0.1) is 0 Å². The molecule has 0 saturated carbocycles. The first-order chi connectivity index (χ1) is 12.7. The molecule has 4 nitrogen and oxygen atoms in total. The first-order valence-electron chi connectivity index (χ1n) is 9.24. The highest BCUT2D eigenvalue weighted by molar-refractivity contribution is 5.99. The number of anilines is 1. The number of aromatic nitrogens is 1. The van der Waals surface area contributed by atoms with Crippen molar-refractivity contribution in [2.24, 2.45) is 0 Å². The van der Waals surface area contributed by atoms with Crippen molar-refractivity contribution >= 4 is 16.5 Å². The summed E-state index contributed by atoms with van der Waals surface area (Å²) in [6.45, 7) is 2.05. The number of hydrogen-bond acceptors (Lipinski definition) is 4. The molecular weight excluding hydrogens is 322 g/mol. The van der Waals surface area contributed by atoms with E-state index in [0.29, 0.717) is 0 Å². The van der Waals surface area contributed by atoms with E-state index in [-0.39, 0.29) is 6.10 Å². The highest BCUT2D eigenvalue weighted by atomic mass is 16.5. The second kappa shape index (κ2) is 7.34. The molecule has 3 aromatic rings. The minimum Gasteiger partial charge on any atom is -0.490 e. The summed E-state index contributed by atoms with van der Waals surface area (Å²) < 4.78 is 6.46. The molecule has 1 aromatic heterocycles. The molecule has 4 rings (SSSR count). The third-order valence-corrected chi connectivity index (χ3v) is 5.03. The number of fused-ring (bicyclic) bond motifs is 1. The monoisotopic (exact) mass is 347 g/mol. The highest BCUT2D eigenvalue weighted by Crippen LogP contribution is 2.38. The predicted octanol–water partition coefficient (Wildman–Crippen LogP) is 4.10. The van der Waals surface area contributed by atoms with E-state index in [1.165, 1.54) is 16.6 Å². The summed E-state index contributed by atoms with van der Waals surface area (Å²) in [5.74, 6) is 0.966. The molecule has 1 fully saturated rings. The second-order valence-corrected chi connectivity index (χ2v) is 7.04. The lowest BCUT2D eigenvalue weighted by molar-refractivity contribution is 0.163. The molecule has 26 heavy (non-hydrogen) atoms. The van der Waals surface area contributed by atoms with Crippen LogP contribution in [0.25, 0.3) is 21.9 Å². The van der Waals surface area contributed by atoms with E-state index < -0.39 is 0 Å². The fourth-order valence-corrected chi connectivity index (χ4v) is 3.56. The summed E-state index contributed by atoms with van der Waals surface area (Å²) in [4.78, 5) is 6.39. The minimum absolute atomic E-state index is 0.273. The van der Waals surface area contributed by atoms with Crippen LogP contribution in [0.3, 0.4) is 0 Å². The molecule has 1 aliphatic rings. The largest absolute Gasteiger partial charge is 0.490 e. The lowest BCUT2D eigenvalue weighted by Gasteiger charge is -2.25. The molecule has 1 aliphatic heterocycles. The van der Waals surface area contributed by atoms with Gasteiger partial charge in [0.25, 0.3) is 0 Å². The maximum absolute atomic E-state index is 6.46. The fourth-order valence-electron chi connectivity index (χ4n) is 3.56. The lowest BCUT2D eigenvalue weighted by atomic mass is 9.97. The first-order valence-corrected chi connectivity index (χ1v) is 9.24. The predicted molar refractivity (Wildman–Crippen MR) is 108 cm³/mol. The molecule has 0 amide bonds. The second-order valence-electron chi connectivity index (χ2n) is 7.04. The van der Waals surface area contributed by atoms with Crippen LogP contribution in [0.4, 0.5) is 5.69 Å². The van der Waals surface area contributed by atoms with Crippen LogP contribution in [0.1, 0.15) is 12.8 Å². The van der Waals surface area contributed by atoms with Crippen molar-refractivity contribution < 1.29 is 4.74 Å². The van der Waals surface area contributed by atoms with E-state index in [0.717, 1.165) is 42.6 Å². The van der Waals surface area contributed by atoms with Crippen LogP contribution < -0.4 is 15.0 Å². The number of nitrogens with zero attached hydrogens (tertiary/aromatic N) is 2. The molecule has 0 spiro atoms. The van der Waals surface area contributed by atoms with Crippen LogP contribution in [0.15, 0.2) is 54.9 Å². The number of hydrogen-bond donors (Lipinski definition) is 1. The molecule has 1 N–H and O–H groups in total. The Bertz CT molecular complexity index is 884. The van der Waals surface area contributed by atoms with Crippen LogP contribution in [-0.2, 0) is 0 Å². The summed E-state index contributed by atoms with van der Waals surface area (Å²) in [6.07, 6.45) is 6.14. The third-order valence-electron chi connectivity index (χ3n) is 5.03. The highest BCUT2D eigenvalue weighted by Gasteiger charge is 2.18. The zero-order chi connectivity index (χ0) is 17.9. The van der Waals surface area contributed by atoms with Gasteiger partial charge >= 0.3 is 0 Å². The van der Waals surface area contributed by atoms with Crippen LogP contribution in [0.2, 0.25) is 0 Å². The van der Waals surface area contributed by atoms with Crippen molar-refractivity contribution in [2.45, 2.75) is 18.9 Å². The van der Waals surface area contributed by atoms with Gasteiger partial charge in [0, 0.05) is 43.1 Å². The van der Waals surface area contributed by atoms with Gasteiger partial charge in [-0.1, -0.05) is 12.1 Å². The van der Waals surface area contributed by atoms with Crippen LogP contribution >= 0.6 is 0 Å². The van der Waals surface area contributed by atoms with Crippen molar-refractivity contribution in [3.8, 4) is 16.9 Å². The Labute approximate surface area is 154 Å². The topological polar surface area (TPSA) is 37.4 Å². The van der Waals surface area contributed by atoms with Crippen LogP contribution in [0, 0.1) is 0 Å². The molecule has 0 unspecified atom stereocenters. The summed E-state index contributed by atoms with van der Waals surface area (Å²) in [7, 11) is 4.12. The Morgan fingerprint density at radius 3 is 2.50 bits per heavy atom. The Kier molecular flexibility index (Phi) is 4.76. The van der Waals surface area contributed by atoms with Gasteiger partial charge in [-0.05, 0) is 67.2 Å². The third kappa shape index (κ3) is 3.37. The zero-order valence-electron chi connectivity index (χ0n) is 15.4. The molecular formula is C22H25N3O. The SMILES string of the molecule is CN(C)c1ccc(-c2c(OC3CCNCC3)ccc3cnccc23)cc1. The Hall–Kier alpha value is -2.59. The quantitative estimate of drug-likeness (QED) is 0.771. The molecule has 0 bridgehead atoms. The number of benzene rings is 2. The van der Waals surface area contributed by atoms with E-state index in [9.17, 15) is 0 Å². The maximum atomic E-state index is 6.46. The van der Waals surface area contributed by atoms with Crippen molar-refractivity contribution in [2.75, 3.05) is 32.1 Å². The van der Waals surface area contributed by atoms with Crippen molar-refractivity contribution in [3.63, 3.8) is 0 Å². The average molecular weight is 347 g/mol. The fraction of sp³-hybridized carbons (Fsp3) is 0.318. The van der Waals surface area contributed by atoms with Crippen LogP contribution in [-0.4, -0.2) is 38.3 Å². The number of nitrogens with one attached hydrogen (secondary N) is 1. The van der Waals surface area contributed by atoms with Crippen molar-refractivity contribution in [1.29, 1.82) is 0 Å². The minimum atomic E-state index is 0.273.